The predicted molar refractivity (Wildman–Crippen MR) is 320 cm³/mol. The fraction of sp³-hybridized carbons (Fsp3) is 0.966. The monoisotopic (exact) mass is 1560 g/mol. The van der Waals surface area contributed by atoms with Gasteiger partial charge in [-0.05, 0) is 0 Å². The van der Waals surface area contributed by atoms with Gasteiger partial charge in [-0.15, -0.1) is 0 Å². The molecular formula is C58H98N2O46. The number of rotatable bonds is 27. The molecule has 48 heteroatoms. The normalized spacial score (nSPS) is 51.2. The van der Waals surface area contributed by atoms with Gasteiger partial charge in [0.2, 0.25) is 11.8 Å². The van der Waals surface area contributed by atoms with E-state index in [2.05, 4.69) is 10.6 Å². The van der Waals surface area contributed by atoms with Crippen LogP contribution in [0.3, 0.4) is 0 Å². The summed E-state index contributed by atoms with van der Waals surface area (Å²) in [5, 5.41) is 301. The molecule has 0 aromatic rings. The minimum atomic E-state index is -2.59. The third kappa shape index (κ3) is 18.7. The van der Waals surface area contributed by atoms with Gasteiger partial charge in [0.25, 0.3) is 0 Å². The average molecular weight is 1560 g/mol. The highest BCUT2D eigenvalue weighted by molar-refractivity contribution is 5.73. The van der Waals surface area contributed by atoms with Crippen molar-refractivity contribution >= 4 is 11.8 Å². The molecule has 0 aromatic carbocycles. The first kappa shape index (κ1) is 87.2. The molecule has 106 heavy (non-hydrogen) atoms. The first-order valence-corrected chi connectivity index (χ1v) is 33.7. The third-order valence-corrected chi connectivity index (χ3v) is 19.5. The maximum Gasteiger partial charge on any atom is 0.217 e. The van der Waals surface area contributed by atoms with E-state index >= 15 is 0 Å². The van der Waals surface area contributed by atoms with E-state index in [0.29, 0.717) is 0 Å². The van der Waals surface area contributed by atoms with Crippen LogP contribution in [0.2, 0.25) is 0 Å². The molecule has 616 valence electrons. The molecule has 29 N–H and O–H groups in total. The molecule has 9 aliphatic rings. The second kappa shape index (κ2) is 37.9. The number of hydrogen-bond donors (Lipinski definition) is 29. The van der Waals surface area contributed by atoms with E-state index < -0.39 is 348 Å². The Kier molecular flexibility index (Phi) is 31.1. The molecule has 9 aliphatic heterocycles. The van der Waals surface area contributed by atoms with E-state index in [-0.39, 0.29) is 0 Å². The van der Waals surface area contributed by atoms with Gasteiger partial charge in [-0.3, -0.25) is 9.59 Å². The first-order chi connectivity index (χ1) is 50.2. The standard InChI is InChI=1S/C58H98N2O46/c1-12(68)59-23-32(77)44(19(8-66)92-50(23)89)101-51-24(60-13(2)69)33(78)45(20(9-67)98-51)102-55-42(87)47(31(76)21(99-55)10-90-57-48(37(82)28(73)17(6-64)96-57)105-53-40(85)35(80)26(71)15(4-62)94-53)104-56-43(88)46(103-52-39(84)34(79)25(70)14(3-61)93-52)30(75)22(100-56)11-91-58-49(38(83)29(74)18(7-65)97-58)106-54-41(86)36(81)27(72)16(5-63)95-54/h14-58,61-67,70-89H,3-11H2,1-2H3,(H,59,68)(H,60,69)/t14-,15-,16-,17-,18-,19-,20-,21-,22-,23-,24-,25-,26-,27-,28-,29-,30-,31-,32-,33-,34+,35+,36+,37+,38+,39+,40+,41+,42+,43+,44-,45-,46+,47+,48+,49+,50?,51+,52-,53-,54-,55+,56-,57+,58+/m1/s1. The fourth-order valence-corrected chi connectivity index (χ4v) is 13.5. The van der Waals surface area contributed by atoms with Crippen molar-refractivity contribution in [1.29, 1.82) is 0 Å². The van der Waals surface area contributed by atoms with Gasteiger partial charge < -0.3 is 229 Å². The summed E-state index contributed by atoms with van der Waals surface area (Å²) in [4.78, 5) is 25.0. The minimum absolute atomic E-state index is 0.786. The van der Waals surface area contributed by atoms with Crippen molar-refractivity contribution < 1.29 is 228 Å². The zero-order valence-electron chi connectivity index (χ0n) is 56.2. The Morgan fingerprint density at radius 2 is 0.500 bits per heavy atom. The van der Waals surface area contributed by atoms with Crippen molar-refractivity contribution in [3.8, 4) is 0 Å². The first-order valence-electron chi connectivity index (χ1n) is 33.7. The quantitative estimate of drug-likeness (QED) is 0.0363. The van der Waals surface area contributed by atoms with Crippen molar-refractivity contribution in [3.63, 3.8) is 0 Å². The van der Waals surface area contributed by atoms with Gasteiger partial charge in [0.1, 0.15) is 220 Å². The molecule has 48 nitrogen and oxygen atoms in total. The number of carbonyl (C=O) groups is 2. The van der Waals surface area contributed by atoms with E-state index in [1.54, 1.807) is 0 Å². The third-order valence-electron chi connectivity index (χ3n) is 19.5. The Labute approximate surface area is 598 Å². The summed E-state index contributed by atoms with van der Waals surface area (Å²) in [6.45, 7) is -7.75. The molecule has 9 saturated heterocycles. The van der Waals surface area contributed by atoms with Gasteiger partial charge >= 0.3 is 0 Å². The zero-order chi connectivity index (χ0) is 77.9. The van der Waals surface area contributed by atoms with Crippen LogP contribution in [-0.2, 0) is 90.1 Å². The Morgan fingerprint density at radius 1 is 0.245 bits per heavy atom. The summed E-state index contributed by atoms with van der Waals surface area (Å²) >= 11 is 0. The van der Waals surface area contributed by atoms with Crippen LogP contribution in [0.25, 0.3) is 0 Å². The second-order valence-electron chi connectivity index (χ2n) is 26.7. The molecule has 0 radical (unpaired) electrons. The number of amides is 2. The maximum atomic E-state index is 12.9. The van der Waals surface area contributed by atoms with Gasteiger partial charge in [0.15, 0.2) is 56.6 Å². The molecule has 0 spiro atoms. The van der Waals surface area contributed by atoms with E-state index in [0.717, 1.165) is 13.8 Å². The van der Waals surface area contributed by atoms with Crippen LogP contribution in [0.4, 0.5) is 0 Å². The highest BCUT2D eigenvalue weighted by atomic mass is 16.8. The number of nitrogens with one attached hydrogen (secondary N) is 2. The molecule has 1 unspecified atom stereocenters. The second-order valence-corrected chi connectivity index (χ2v) is 26.7. The number of ether oxygens (including phenoxy) is 17. The van der Waals surface area contributed by atoms with Gasteiger partial charge in [0, 0.05) is 13.8 Å². The molecule has 0 saturated carbocycles. The van der Waals surface area contributed by atoms with Crippen molar-refractivity contribution in [3.05, 3.63) is 0 Å². The number of hydrogen-bond acceptors (Lipinski definition) is 46. The van der Waals surface area contributed by atoms with E-state index in [9.17, 15) is 147 Å². The molecule has 0 bridgehead atoms. The topological polar surface area (TPSA) is 761 Å². The molecule has 0 aromatic heterocycles. The molecule has 9 heterocycles. The average Bonchev–Trinajstić information content (AvgIpc) is 0.772. The zero-order valence-corrected chi connectivity index (χ0v) is 56.2. The maximum absolute atomic E-state index is 12.9. The summed E-state index contributed by atoms with van der Waals surface area (Å²) < 4.78 is 98.9. The van der Waals surface area contributed by atoms with Gasteiger partial charge in [-0.25, -0.2) is 0 Å². The predicted octanol–water partition coefficient (Wildman–Crippen LogP) is -20.3. The van der Waals surface area contributed by atoms with Gasteiger partial charge in [-0.2, -0.15) is 0 Å². The molecule has 2 amide bonds. The van der Waals surface area contributed by atoms with Crippen LogP contribution in [0.15, 0.2) is 0 Å². The Hall–Kier alpha value is -2.82. The van der Waals surface area contributed by atoms with Crippen LogP contribution in [0, 0.1) is 0 Å². The van der Waals surface area contributed by atoms with Crippen LogP contribution in [0.1, 0.15) is 13.8 Å². The van der Waals surface area contributed by atoms with Crippen LogP contribution >= 0.6 is 0 Å². The summed E-state index contributed by atoms with van der Waals surface area (Å²) in [5.74, 6) is -1.73. The van der Waals surface area contributed by atoms with E-state index in [1.807, 2.05) is 0 Å². The SMILES string of the molecule is CC(=O)N[C@H]1[C@H](O[C@H]2[C@H](O)[C@@H](NC(C)=O)C(O)O[C@@H]2CO)O[C@H](CO)[C@@H](O[C@@H]2O[C@H](CO[C@H]3O[C@H](CO)[C@@H](O)[C@H](O)[C@@H]3O[C@H]3O[C@H](CO)[C@@H](O)[C@H](O)[C@@H]3O)[C@@H](O)[C@H](O[C@H]3O[C@H](CO[C@H]4O[C@H](CO)[C@@H](O)[C@H](O)[C@@H]4O[C@H]4O[C@H](CO)[C@@H](O)[C@H](O)[C@@H]4O)[C@@H](O)[C@H](O[C@H]4O[C@H](CO)[C@@H](O)[C@H](O)[C@@H]4O)[C@@H]3O)[C@@H]2O)[C@@H]1O. The van der Waals surface area contributed by atoms with Crippen LogP contribution in [-0.4, -0.2) is 485 Å². The molecule has 9 rings (SSSR count). The Morgan fingerprint density at radius 3 is 0.840 bits per heavy atom. The Bertz CT molecular complexity index is 2710. The van der Waals surface area contributed by atoms with Crippen molar-refractivity contribution in [1.82, 2.24) is 10.6 Å². The lowest BCUT2D eigenvalue weighted by Gasteiger charge is -2.51. The summed E-state index contributed by atoms with van der Waals surface area (Å²) in [6, 6.07) is -3.57. The number of aliphatic hydroxyl groups excluding tert-OH is 27. The van der Waals surface area contributed by atoms with Crippen LogP contribution < -0.4 is 10.6 Å². The van der Waals surface area contributed by atoms with E-state index in [1.165, 1.54) is 0 Å². The molecule has 0 aliphatic carbocycles. The van der Waals surface area contributed by atoms with Crippen molar-refractivity contribution in [2.75, 3.05) is 59.5 Å². The van der Waals surface area contributed by atoms with Gasteiger partial charge in [0.05, 0.1) is 59.5 Å². The largest absolute Gasteiger partial charge is 0.394 e. The molecule has 45 atom stereocenters. The van der Waals surface area contributed by atoms with Crippen molar-refractivity contribution in [2.24, 2.45) is 0 Å². The number of carbonyl (C=O) groups excluding carboxylic acids is 2. The van der Waals surface area contributed by atoms with Crippen LogP contribution in [0.5, 0.6) is 0 Å². The highest BCUT2D eigenvalue weighted by Crippen LogP contribution is 2.39. The van der Waals surface area contributed by atoms with Gasteiger partial charge in [-0.1, -0.05) is 0 Å². The lowest BCUT2D eigenvalue weighted by molar-refractivity contribution is -0.398. The minimum Gasteiger partial charge on any atom is -0.394 e. The highest BCUT2D eigenvalue weighted by Gasteiger charge is 2.60. The van der Waals surface area contributed by atoms with Crippen molar-refractivity contribution in [2.45, 2.75) is 290 Å². The van der Waals surface area contributed by atoms with E-state index in [4.69, 9.17) is 80.5 Å². The smallest absolute Gasteiger partial charge is 0.217 e. The summed E-state index contributed by atoms with van der Waals surface area (Å²) in [7, 11) is 0. The molecule has 9 fully saturated rings. The molecular weight excluding hydrogens is 1460 g/mol. The lowest BCUT2D eigenvalue weighted by Crippen LogP contribution is -2.70. The fourth-order valence-electron chi connectivity index (χ4n) is 13.5. The summed E-state index contributed by atoms with van der Waals surface area (Å²) in [6.07, 6.45) is -90.7. The Balaban J connectivity index is 1.06. The summed E-state index contributed by atoms with van der Waals surface area (Å²) in [5.41, 5.74) is 0. The number of aliphatic hydroxyl groups is 27. The lowest BCUT2D eigenvalue weighted by atomic mass is 9.94.